The minimum Gasteiger partial charge on any atom is -0.399 e. The van der Waals surface area contributed by atoms with Crippen LogP contribution in [0.15, 0.2) is 18.2 Å². The molecule has 1 aromatic rings. The third-order valence-electron chi connectivity index (χ3n) is 2.19. The van der Waals surface area contributed by atoms with Crippen LogP contribution in [0.2, 0.25) is 0 Å². The topological polar surface area (TPSA) is 26.0 Å². The summed E-state index contributed by atoms with van der Waals surface area (Å²) in [5.74, 6) is -1.34. The zero-order valence-corrected chi connectivity index (χ0v) is 7.81. The summed E-state index contributed by atoms with van der Waals surface area (Å²) >= 11 is 0. The molecule has 0 aliphatic carbocycles. The summed E-state index contributed by atoms with van der Waals surface area (Å²) in [6.45, 7) is 0.653. The molecule has 4 heteroatoms. The molecule has 0 spiro atoms. The van der Waals surface area contributed by atoms with Crippen LogP contribution >= 0.6 is 0 Å². The first-order valence-corrected chi connectivity index (χ1v) is 4.26. The Labute approximate surface area is 80.7 Å². The van der Waals surface area contributed by atoms with Crippen molar-refractivity contribution in [3.8, 4) is 0 Å². The van der Waals surface area contributed by atoms with E-state index in [0.717, 1.165) is 0 Å². The monoisotopic (exact) mass is 203 g/mol. The van der Waals surface area contributed by atoms with Crippen molar-refractivity contribution < 1.29 is 13.2 Å². The summed E-state index contributed by atoms with van der Waals surface area (Å²) < 4.78 is 37.0. The van der Waals surface area contributed by atoms with Gasteiger partial charge in [-0.2, -0.15) is 0 Å². The van der Waals surface area contributed by atoms with Crippen molar-refractivity contribution >= 4 is 5.69 Å². The molecule has 1 aromatic carbocycles. The molecule has 0 heterocycles. The average Bonchev–Trinajstić information content (AvgIpc) is 2.11. The Morgan fingerprint density at radius 2 is 2.00 bits per heavy atom. The number of alkyl halides is 3. The van der Waals surface area contributed by atoms with Gasteiger partial charge in [0, 0.05) is 5.69 Å². The quantitative estimate of drug-likeness (QED) is 0.751. The number of aryl methyl sites for hydroxylation is 1. The molecule has 0 radical (unpaired) electrons. The number of hydrogen-bond acceptors (Lipinski definition) is 1. The fourth-order valence-electron chi connectivity index (χ4n) is 1.23. The lowest BCUT2D eigenvalue weighted by molar-refractivity contribution is 0.101. The standard InChI is InChI=1S/C10H12F3N/c1-6-4-7(2-3-9(6)14)8(5-11)10(12)13/h2-4,8,10H,5,14H2,1H3. The second kappa shape index (κ2) is 4.35. The highest BCUT2D eigenvalue weighted by molar-refractivity contribution is 5.48. The van der Waals surface area contributed by atoms with E-state index in [1.807, 2.05) is 0 Å². The fourth-order valence-corrected chi connectivity index (χ4v) is 1.23. The first kappa shape index (κ1) is 10.9. The molecule has 0 aliphatic heterocycles. The molecule has 2 N–H and O–H groups in total. The van der Waals surface area contributed by atoms with Crippen LogP contribution in [0.1, 0.15) is 17.0 Å². The van der Waals surface area contributed by atoms with Gasteiger partial charge in [0.05, 0.1) is 5.92 Å². The van der Waals surface area contributed by atoms with E-state index in [2.05, 4.69) is 0 Å². The lowest BCUT2D eigenvalue weighted by Crippen LogP contribution is -2.11. The van der Waals surface area contributed by atoms with Crippen LogP contribution in [0.4, 0.5) is 18.9 Å². The highest BCUT2D eigenvalue weighted by Crippen LogP contribution is 2.26. The lowest BCUT2D eigenvalue weighted by Gasteiger charge is -2.13. The molecule has 1 atom stereocenters. The second-order valence-electron chi connectivity index (χ2n) is 3.21. The molecule has 0 bridgehead atoms. The van der Waals surface area contributed by atoms with Crippen molar-refractivity contribution in [3.63, 3.8) is 0 Å². The van der Waals surface area contributed by atoms with E-state index in [4.69, 9.17) is 5.73 Å². The van der Waals surface area contributed by atoms with E-state index in [1.165, 1.54) is 18.2 Å². The van der Waals surface area contributed by atoms with Gasteiger partial charge in [0.15, 0.2) is 0 Å². The van der Waals surface area contributed by atoms with E-state index in [-0.39, 0.29) is 0 Å². The van der Waals surface area contributed by atoms with E-state index in [0.29, 0.717) is 16.8 Å². The van der Waals surface area contributed by atoms with Gasteiger partial charge in [-0.25, -0.2) is 8.78 Å². The van der Waals surface area contributed by atoms with Crippen LogP contribution in [0.3, 0.4) is 0 Å². The predicted molar refractivity (Wildman–Crippen MR) is 50.3 cm³/mol. The van der Waals surface area contributed by atoms with Gasteiger partial charge in [0.2, 0.25) is 6.43 Å². The summed E-state index contributed by atoms with van der Waals surface area (Å²) in [6, 6.07) is 4.47. The maximum Gasteiger partial charge on any atom is 0.247 e. The normalized spacial score (nSPS) is 13.2. The van der Waals surface area contributed by atoms with Gasteiger partial charge in [0.1, 0.15) is 6.67 Å². The summed E-state index contributed by atoms with van der Waals surface area (Å²) in [5.41, 5.74) is 7.05. The van der Waals surface area contributed by atoms with Gasteiger partial charge in [-0.1, -0.05) is 12.1 Å². The molecule has 0 aliphatic rings. The lowest BCUT2D eigenvalue weighted by atomic mass is 9.98. The van der Waals surface area contributed by atoms with Gasteiger partial charge in [-0.3, -0.25) is 4.39 Å². The zero-order chi connectivity index (χ0) is 10.7. The minimum absolute atomic E-state index is 0.300. The van der Waals surface area contributed by atoms with E-state index in [9.17, 15) is 13.2 Å². The van der Waals surface area contributed by atoms with Crippen LogP contribution in [0.5, 0.6) is 0 Å². The number of anilines is 1. The first-order valence-electron chi connectivity index (χ1n) is 4.26. The molecule has 14 heavy (non-hydrogen) atoms. The Morgan fingerprint density at radius 1 is 1.36 bits per heavy atom. The first-order chi connectivity index (χ1) is 6.56. The van der Waals surface area contributed by atoms with Gasteiger partial charge in [-0.15, -0.1) is 0 Å². The molecule has 78 valence electrons. The molecule has 0 aromatic heterocycles. The number of halogens is 3. The average molecular weight is 203 g/mol. The number of benzene rings is 1. The Hall–Kier alpha value is -1.19. The van der Waals surface area contributed by atoms with Gasteiger partial charge < -0.3 is 5.73 Å². The van der Waals surface area contributed by atoms with Crippen molar-refractivity contribution in [1.82, 2.24) is 0 Å². The molecule has 0 saturated heterocycles. The second-order valence-corrected chi connectivity index (χ2v) is 3.21. The van der Waals surface area contributed by atoms with Crippen LogP contribution in [-0.4, -0.2) is 13.1 Å². The Kier molecular flexibility index (Phi) is 3.38. The van der Waals surface area contributed by atoms with Gasteiger partial charge in [0.25, 0.3) is 0 Å². The minimum atomic E-state index is -2.68. The number of rotatable bonds is 3. The molecule has 1 rings (SSSR count). The van der Waals surface area contributed by atoms with Crippen LogP contribution in [0, 0.1) is 6.92 Å². The van der Waals surface area contributed by atoms with Crippen molar-refractivity contribution in [2.75, 3.05) is 12.4 Å². The Morgan fingerprint density at radius 3 is 2.43 bits per heavy atom. The molecular formula is C10H12F3N. The van der Waals surface area contributed by atoms with Gasteiger partial charge >= 0.3 is 0 Å². The maximum atomic E-state index is 12.3. The van der Waals surface area contributed by atoms with E-state index in [1.54, 1.807) is 6.92 Å². The SMILES string of the molecule is Cc1cc(C(CF)C(F)F)ccc1N. The largest absolute Gasteiger partial charge is 0.399 e. The Balaban J connectivity index is 3.00. The predicted octanol–water partition coefficient (Wildman–Crippen LogP) is 2.90. The van der Waals surface area contributed by atoms with Crippen molar-refractivity contribution in [2.24, 2.45) is 0 Å². The zero-order valence-electron chi connectivity index (χ0n) is 7.81. The van der Waals surface area contributed by atoms with Gasteiger partial charge in [-0.05, 0) is 24.1 Å². The number of hydrogen-bond donors (Lipinski definition) is 1. The molecular weight excluding hydrogens is 191 g/mol. The molecule has 0 saturated carbocycles. The summed E-state index contributed by atoms with van der Waals surface area (Å²) in [4.78, 5) is 0. The number of nitrogen functional groups attached to an aromatic ring is 1. The molecule has 1 unspecified atom stereocenters. The Bertz CT molecular complexity index is 312. The van der Waals surface area contributed by atoms with E-state index < -0.39 is 19.0 Å². The third-order valence-corrected chi connectivity index (χ3v) is 2.19. The maximum absolute atomic E-state index is 12.3. The fraction of sp³-hybridized carbons (Fsp3) is 0.400. The molecule has 0 fully saturated rings. The molecule has 1 nitrogen and oxygen atoms in total. The van der Waals surface area contributed by atoms with Crippen molar-refractivity contribution in [3.05, 3.63) is 29.3 Å². The summed E-state index contributed by atoms with van der Waals surface area (Å²) in [7, 11) is 0. The summed E-state index contributed by atoms with van der Waals surface area (Å²) in [6.07, 6.45) is -2.68. The molecule has 0 amide bonds. The van der Waals surface area contributed by atoms with Crippen LogP contribution in [0.25, 0.3) is 0 Å². The van der Waals surface area contributed by atoms with E-state index >= 15 is 0 Å². The highest BCUT2D eigenvalue weighted by Gasteiger charge is 2.22. The van der Waals surface area contributed by atoms with Crippen molar-refractivity contribution in [1.29, 1.82) is 0 Å². The smallest absolute Gasteiger partial charge is 0.247 e. The number of nitrogens with two attached hydrogens (primary N) is 1. The third kappa shape index (κ3) is 2.19. The highest BCUT2D eigenvalue weighted by atomic mass is 19.3. The van der Waals surface area contributed by atoms with Crippen molar-refractivity contribution in [2.45, 2.75) is 19.3 Å². The summed E-state index contributed by atoms with van der Waals surface area (Å²) in [5, 5.41) is 0. The van der Waals surface area contributed by atoms with Crippen LogP contribution < -0.4 is 5.73 Å². The van der Waals surface area contributed by atoms with Crippen LogP contribution in [-0.2, 0) is 0 Å².